The molecule has 2 aromatic carbocycles. The first-order valence-electron chi connectivity index (χ1n) is 10.8. The van der Waals surface area contributed by atoms with Crippen LogP contribution in [0, 0.1) is 26.1 Å². The van der Waals surface area contributed by atoms with E-state index in [9.17, 15) is 25.0 Å². The molecule has 1 aliphatic rings. The average Bonchev–Trinajstić information content (AvgIpc) is 2.76. The van der Waals surface area contributed by atoms with Gasteiger partial charge in [0.15, 0.2) is 5.78 Å². The van der Waals surface area contributed by atoms with Crippen molar-refractivity contribution >= 4 is 40.7 Å². The number of Topliss-reactive ketones (excluding diaryl/α,β-unsaturated/α-hetero) is 1. The summed E-state index contributed by atoms with van der Waals surface area (Å²) in [6.07, 6.45) is 4.52. The van der Waals surface area contributed by atoms with Gasteiger partial charge in [0.25, 0.3) is 11.4 Å². The minimum Gasteiger partial charge on any atom is -0.372 e. The van der Waals surface area contributed by atoms with Crippen LogP contribution in [0.15, 0.2) is 47.5 Å². The van der Waals surface area contributed by atoms with Gasteiger partial charge in [0.1, 0.15) is 11.4 Å². The topological polar surface area (TPSA) is 110 Å². The van der Waals surface area contributed by atoms with Gasteiger partial charge >= 0.3 is 0 Å². The summed E-state index contributed by atoms with van der Waals surface area (Å²) in [7, 11) is 6.94. The number of anilines is 2. The number of ketones is 1. The maximum absolute atomic E-state index is 13.2. The molecule has 0 N–H and O–H groups in total. The summed E-state index contributed by atoms with van der Waals surface area (Å²) in [6.45, 7) is 2.03. The first-order chi connectivity index (χ1) is 16.0. The van der Waals surface area contributed by atoms with Gasteiger partial charge < -0.3 is 9.80 Å². The van der Waals surface area contributed by atoms with E-state index in [1.807, 2.05) is 6.92 Å². The van der Waals surface area contributed by atoms with Crippen LogP contribution in [-0.2, 0) is 4.79 Å². The molecule has 0 saturated heterocycles. The molecular weight excluding hydrogens is 436 g/mol. The van der Waals surface area contributed by atoms with Crippen molar-refractivity contribution in [2.75, 3.05) is 38.0 Å². The Labute approximate surface area is 198 Å². The van der Waals surface area contributed by atoms with Gasteiger partial charge in [-0.15, -0.1) is 0 Å². The van der Waals surface area contributed by atoms with Crippen LogP contribution in [0.3, 0.4) is 0 Å². The molecule has 34 heavy (non-hydrogen) atoms. The van der Waals surface area contributed by atoms with Crippen molar-refractivity contribution in [2.45, 2.75) is 19.8 Å². The molecule has 1 aliphatic carbocycles. The smallest absolute Gasteiger partial charge is 0.293 e. The SMILES string of the molecule is CC1C/C(=C\c2ccc(N(C)C)c([N+](=O)[O-])c2)C(=O)/C(=C/c2ccc(N(C)C)c([N+](=O)[O-])c2)C1. The highest BCUT2D eigenvalue weighted by molar-refractivity contribution is 6.14. The highest BCUT2D eigenvalue weighted by atomic mass is 16.6. The van der Waals surface area contributed by atoms with Gasteiger partial charge in [-0.3, -0.25) is 25.0 Å². The van der Waals surface area contributed by atoms with Gasteiger partial charge in [0, 0.05) is 51.5 Å². The van der Waals surface area contributed by atoms with E-state index in [2.05, 4.69) is 0 Å². The van der Waals surface area contributed by atoms with Crippen molar-refractivity contribution < 1.29 is 14.6 Å². The zero-order chi connectivity index (χ0) is 25.2. The van der Waals surface area contributed by atoms with Crippen LogP contribution in [0.4, 0.5) is 22.7 Å². The highest BCUT2D eigenvalue weighted by Crippen LogP contribution is 2.35. The Hall–Kier alpha value is -4.01. The van der Waals surface area contributed by atoms with E-state index in [4.69, 9.17) is 0 Å². The molecule has 0 spiro atoms. The van der Waals surface area contributed by atoms with Crippen LogP contribution in [0.5, 0.6) is 0 Å². The Balaban J connectivity index is 2.00. The summed E-state index contributed by atoms with van der Waals surface area (Å²) in [4.78, 5) is 38.8. The number of hydrogen-bond donors (Lipinski definition) is 0. The molecule has 0 unspecified atom stereocenters. The molecule has 2 aromatic rings. The Morgan fingerprint density at radius 2 is 1.18 bits per heavy atom. The summed E-state index contributed by atoms with van der Waals surface area (Å²) in [5.41, 5.74) is 3.21. The fraction of sp³-hybridized carbons (Fsp3) is 0.320. The van der Waals surface area contributed by atoms with Gasteiger partial charge in [-0.2, -0.15) is 0 Å². The van der Waals surface area contributed by atoms with Crippen LogP contribution >= 0.6 is 0 Å². The molecule has 178 valence electrons. The van der Waals surface area contributed by atoms with E-state index in [-0.39, 0.29) is 23.1 Å². The monoisotopic (exact) mass is 464 g/mol. The van der Waals surface area contributed by atoms with Crippen molar-refractivity contribution in [3.8, 4) is 0 Å². The summed E-state index contributed by atoms with van der Waals surface area (Å²) in [5, 5.41) is 23.0. The molecule has 1 fully saturated rings. The Bertz CT molecular complexity index is 1120. The molecule has 0 heterocycles. The number of nitro benzene ring substituents is 2. The zero-order valence-corrected chi connectivity index (χ0v) is 19.9. The Kier molecular flexibility index (Phi) is 7.14. The third kappa shape index (κ3) is 5.31. The number of allylic oxidation sites excluding steroid dienone is 2. The fourth-order valence-electron chi connectivity index (χ4n) is 4.18. The third-order valence-electron chi connectivity index (χ3n) is 5.76. The predicted octanol–water partition coefficient (Wildman–Crippen LogP) is 5.10. The minimum absolute atomic E-state index is 0.0280. The van der Waals surface area contributed by atoms with Crippen molar-refractivity contribution in [1.82, 2.24) is 0 Å². The molecular formula is C25H28N4O5. The van der Waals surface area contributed by atoms with Crippen LogP contribution in [-0.4, -0.2) is 43.8 Å². The van der Waals surface area contributed by atoms with Crippen molar-refractivity contribution in [3.63, 3.8) is 0 Å². The maximum Gasteiger partial charge on any atom is 0.293 e. The van der Waals surface area contributed by atoms with Crippen LogP contribution < -0.4 is 9.80 Å². The van der Waals surface area contributed by atoms with Gasteiger partial charge in [-0.1, -0.05) is 19.1 Å². The second-order valence-electron chi connectivity index (χ2n) is 8.98. The lowest BCUT2D eigenvalue weighted by atomic mass is 9.80. The second-order valence-corrected chi connectivity index (χ2v) is 8.98. The molecule has 9 heteroatoms. The third-order valence-corrected chi connectivity index (χ3v) is 5.76. The summed E-state index contributed by atoms with van der Waals surface area (Å²) in [5.74, 6) is 0.0408. The number of hydrogen-bond acceptors (Lipinski definition) is 7. The lowest BCUT2D eigenvalue weighted by Crippen LogP contribution is -2.18. The van der Waals surface area contributed by atoms with Gasteiger partial charge in [0.05, 0.1) is 9.85 Å². The predicted molar refractivity (Wildman–Crippen MR) is 134 cm³/mol. The largest absolute Gasteiger partial charge is 0.372 e. The van der Waals surface area contributed by atoms with Crippen LogP contribution in [0.1, 0.15) is 30.9 Å². The number of nitro groups is 2. The average molecular weight is 465 g/mol. The molecule has 0 aromatic heterocycles. The quantitative estimate of drug-likeness (QED) is 0.332. The maximum atomic E-state index is 13.2. The normalized spacial score (nSPS) is 18.3. The first-order valence-corrected chi connectivity index (χ1v) is 10.8. The molecule has 0 bridgehead atoms. The Morgan fingerprint density at radius 3 is 1.50 bits per heavy atom. The van der Waals surface area contributed by atoms with E-state index in [1.165, 1.54) is 12.1 Å². The summed E-state index contributed by atoms with van der Waals surface area (Å²) < 4.78 is 0. The fourth-order valence-corrected chi connectivity index (χ4v) is 4.18. The number of rotatable bonds is 6. The van der Waals surface area contributed by atoms with Crippen LogP contribution in [0.2, 0.25) is 0 Å². The number of carbonyl (C=O) groups excluding carboxylic acids is 1. The standard InChI is InChI=1S/C25H28N4O5/c1-16-10-19(12-17-6-8-21(26(2)3)23(14-17)28(31)32)25(30)20(11-16)13-18-7-9-22(27(4)5)24(15-18)29(33)34/h6-9,12-16H,10-11H2,1-5H3/b19-12+,20-13+. The molecule has 0 amide bonds. The minimum atomic E-state index is -0.432. The number of benzene rings is 2. The Morgan fingerprint density at radius 1 is 0.794 bits per heavy atom. The lowest BCUT2D eigenvalue weighted by molar-refractivity contribution is -0.384. The van der Waals surface area contributed by atoms with Crippen LogP contribution in [0.25, 0.3) is 12.2 Å². The van der Waals surface area contributed by atoms with E-state index in [0.29, 0.717) is 46.5 Å². The molecule has 0 aliphatic heterocycles. The summed E-state index contributed by atoms with van der Waals surface area (Å²) in [6, 6.07) is 9.80. The zero-order valence-electron chi connectivity index (χ0n) is 19.9. The van der Waals surface area contributed by atoms with Gasteiger partial charge in [-0.05, 0) is 54.2 Å². The van der Waals surface area contributed by atoms with E-state index in [1.54, 1.807) is 74.4 Å². The molecule has 1 saturated carbocycles. The summed E-state index contributed by atoms with van der Waals surface area (Å²) >= 11 is 0. The van der Waals surface area contributed by atoms with E-state index in [0.717, 1.165) is 0 Å². The second kappa shape index (κ2) is 9.86. The number of nitrogens with zero attached hydrogens (tertiary/aromatic N) is 4. The van der Waals surface area contributed by atoms with Crippen molar-refractivity contribution in [3.05, 3.63) is 78.9 Å². The van der Waals surface area contributed by atoms with Gasteiger partial charge in [-0.25, -0.2) is 0 Å². The molecule has 3 rings (SSSR count). The highest BCUT2D eigenvalue weighted by Gasteiger charge is 2.26. The van der Waals surface area contributed by atoms with Crippen molar-refractivity contribution in [1.29, 1.82) is 0 Å². The van der Waals surface area contributed by atoms with Crippen molar-refractivity contribution in [2.24, 2.45) is 5.92 Å². The first kappa shape index (κ1) is 24.6. The van der Waals surface area contributed by atoms with E-state index < -0.39 is 9.85 Å². The molecule has 0 radical (unpaired) electrons. The van der Waals surface area contributed by atoms with E-state index >= 15 is 0 Å². The molecule has 0 atom stereocenters. The lowest BCUT2D eigenvalue weighted by Gasteiger charge is -2.23. The number of carbonyl (C=O) groups is 1. The molecule has 9 nitrogen and oxygen atoms in total. The van der Waals surface area contributed by atoms with Gasteiger partial charge in [0.2, 0.25) is 0 Å².